The fourth-order valence-corrected chi connectivity index (χ4v) is 4.65. The third-order valence-corrected chi connectivity index (χ3v) is 6.00. The van der Waals surface area contributed by atoms with Crippen LogP contribution < -0.4 is 10.9 Å². The zero-order valence-electron chi connectivity index (χ0n) is 14.2. The Labute approximate surface area is 150 Å². The number of rotatable bonds is 4. The van der Waals surface area contributed by atoms with Gasteiger partial charge in [-0.2, -0.15) is 0 Å². The van der Waals surface area contributed by atoms with Crippen LogP contribution >= 0.6 is 11.8 Å². The fourth-order valence-electron chi connectivity index (χ4n) is 3.50. The summed E-state index contributed by atoms with van der Waals surface area (Å²) in [5.74, 6) is 0.717. The number of nitrogens with zero attached hydrogens (tertiary/aromatic N) is 2. The van der Waals surface area contributed by atoms with Gasteiger partial charge in [0.1, 0.15) is 0 Å². The summed E-state index contributed by atoms with van der Waals surface area (Å²) in [4.78, 5) is 29.7. The SMILES string of the molecule is Cc1ccc(CNC(=O)CC2CSc3nc4c(c(=O)n32)CCC4)cc1. The van der Waals surface area contributed by atoms with Crippen molar-refractivity contribution in [2.24, 2.45) is 0 Å². The van der Waals surface area contributed by atoms with Crippen molar-refractivity contribution >= 4 is 17.7 Å². The minimum absolute atomic E-state index is 0.0218. The second kappa shape index (κ2) is 6.67. The van der Waals surface area contributed by atoms with E-state index in [0.29, 0.717) is 13.0 Å². The molecule has 0 saturated heterocycles. The summed E-state index contributed by atoms with van der Waals surface area (Å²) in [6.45, 7) is 2.56. The van der Waals surface area contributed by atoms with Crippen LogP contribution in [-0.2, 0) is 24.2 Å². The topological polar surface area (TPSA) is 64.0 Å². The van der Waals surface area contributed by atoms with Crippen molar-refractivity contribution in [3.05, 3.63) is 57.0 Å². The highest BCUT2D eigenvalue weighted by molar-refractivity contribution is 7.99. The largest absolute Gasteiger partial charge is 0.352 e. The van der Waals surface area contributed by atoms with E-state index >= 15 is 0 Å². The van der Waals surface area contributed by atoms with Crippen molar-refractivity contribution in [1.82, 2.24) is 14.9 Å². The summed E-state index contributed by atoms with van der Waals surface area (Å²) >= 11 is 1.59. The summed E-state index contributed by atoms with van der Waals surface area (Å²) in [5.41, 5.74) is 4.18. The van der Waals surface area contributed by atoms with E-state index in [2.05, 4.69) is 10.3 Å². The molecule has 2 aliphatic rings. The van der Waals surface area contributed by atoms with Gasteiger partial charge in [-0.25, -0.2) is 4.98 Å². The number of carbonyl (C=O) groups excluding carboxylic acids is 1. The highest BCUT2D eigenvalue weighted by Crippen LogP contribution is 2.33. The van der Waals surface area contributed by atoms with Gasteiger partial charge in [0, 0.05) is 24.3 Å². The van der Waals surface area contributed by atoms with Gasteiger partial charge in [-0.1, -0.05) is 41.6 Å². The number of fused-ring (bicyclic) bond motifs is 2. The van der Waals surface area contributed by atoms with Gasteiger partial charge in [0.2, 0.25) is 5.91 Å². The number of nitrogens with one attached hydrogen (secondary N) is 1. The number of benzene rings is 1. The molecule has 1 aliphatic heterocycles. The number of thioether (sulfide) groups is 1. The smallest absolute Gasteiger partial charge is 0.257 e. The Morgan fingerprint density at radius 3 is 2.92 bits per heavy atom. The van der Waals surface area contributed by atoms with E-state index < -0.39 is 0 Å². The first kappa shape index (κ1) is 16.4. The van der Waals surface area contributed by atoms with Crippen LogP contribution in [0.15, 0.2) is 34.2 Å². The zero-order valence-corrected chi connectivity index (χ0v) is 15.1. The minimum Gasteiger partial charge on any atom is -0.352 e. The number of aryl methyl sites for hydroxylation is 2. The lowest BCUT2D eigenvalue weighted by Crippen LogP contribution is -2.32. The zero-order chi connectivity index (χ0) is 17.4. The molecule has 2 heterocycles. The molecule has 1 atom stereocenters. The van der Waals surface area contributed by atoms with E-state index in [1.54, 1.807) is 16.3 Å². The van der Waals surface area contributed by atoms with Gasteiger partial charge in [0.05, 0.1) is 11.7 Å². The molecule has 0 fully saturated rings. The average molecular weight is 355 g/mol. The molecule has 1 aromatic carbocycles. The molecule has 5 nitrogen and oxygen atoms in total. The molecule has 6 heteroatoms. The Morgan fingerprint density at radius 2 is 2.12 bits per heavy atom. The number of hydrogen-bond donors (Lipinski definition) is 1. The number of hydrogen-bond acceptors (Lipinski definition) is 4. The molecule has 0 saturated carbocycles. The van der Waals surface area contributed by atoms with Gasteiger partial charge in [-0.3, -0.25) is 14.2 Å². The number of aromatic nitrogens is 2. The average Bonchev–Trinajstić information content (AvgIpc) is 3.22. The second-order valence-electron chi connectivity index (χ2n) is 6.78. The Hall–Kier alpha value is -2.08. The molecule has 1 aromatic heterocycles. The lowest BCUT2D eigenvalue weighted by Gasteiger charge is -2.14. The predicted octanol–water partition coefficient (Wildman–Crippen LogP) is 2.39. The van der Waals surface area contributed by atoms with Gasteiger partial charge in [-0.15, -0.1) is 0 Å². The molecule has 0 spiro atoms. The van der Waals surface area contributed by atoms with Crippen LogP contribution in [0.1, 0.15) is 41.3 Å². The monoisotopic (exact) mass is 355 g/mol. The molecule has 1 N–H and O–H groups in total. The van der Waals surface area contributed by atoms with Crippen LogP contribution in [-0.4, -0.2) is 21.2 Å². The van der Waals surface area contributed by atoms with Crippen molar-refractivity contribution in [1.29, 1.82) is 0 Å². The van der Waals surface area contributed by atoms with E-state index in [-0.39, 0.29) is 17.5 Å². The Bertz CT molecular complexity index is 873. The van der Waals surface area contributed by atoms with Gasteiger partial charge in [0.15, 0.2) is 5.16 Å². The molecule has 2 aromatic rings. The van der Waals surface area contributed by atoms with Crippen molar-refractivity contribution in [3.63, 3.8) is 0 Å². The van der Waals surface area contributed by atoms with E-state index in [1.165, 1.54) is 5.56 Å². The number of carbonyl (C=O) groups is 1. The van der Waals surface area contributed by atoms with E-state index in [0.717, 1.165) is 47.0 Å². The van der Waals surface area contributed by atoms with Gasteiger partial charge in [0.25, 0.3) is 5.56 Å². The van der Waals surface area contributed by atoms with Crippen LogP contribution in [0.25, 0.3) is 0 Å². The maximum Gasteiger partial charge on any atom is 0.257 e. The Kier molecular flexibility index (Phi) is 4.37. The van der Waals surface area contributed by atoms with Gasteiger partial charge < -0.3 is 5.32 Å². The molecule has 25 heavy (non-hydrogen) atoms. The maximum atomic E-state index is 12.7. The summed E-state index contributed by atoms with van der Waals surface area (Å²) in [6.07, 6.45) is 3.05. The maximum absolute atomic E-state index is 12.7. The van der Waals surface area contributed by atoms with E-state index in [1.807, 2.05) is 31.2 Å². The minimum atomic E-state index is -0.0936. The molecule has 1 amide bonds. The Balaban J connectivity index is 1.44. The van der Waals surface area contributed by atoms with Gasteiger partial charge >= 0.3 is 0 Å². The van der Waals surface area contributed by atoms with E-state index in [9.17, 15) is 9.59 Å². The fraction of sp³-hybridized carbons (Fsp3) is 0.421. The molecular formula is C19H21N3O2S. The van der Waals surface area contributed by atoms with Crippen LogP contribution in [0.4, 0.5) is 0 Å². The van der Waals surface area contributed by atoms with Crippen LogP contribution in [0.3, 0.4) is 0 Å². The second-order valence-corrected chi connectivity index (χ2v) is 7.77. The standard InChI is InChI=1S/C19H21N3O2S/c1-12-5-7-13(8-6-12)10-20-17(23)9-14-11-25-19-21-16-4-2-3-15(16)18(24)22(14)19/h5-8,14H,2-4,9-11H2,1H3,(H,20,23). The summed E-state index contributed by atoms with van der Waals surface area (Å²) < 4.78 is 1.75. The first-order valence-corrected chi connectivity index (χ1v) is 9.69. The number of amides is 1. The molecule has 0 radical (unpaired) electrons. The third kappa shape index (κ3) is 3.23. The highest BCUT2D eigenvalue weighted by Gasteiger charge is 2.30. The lowest BCUT2D eigenvalue weighted by molar-refractivity contribution is -0.121. The van der Waals surface area contributed by atoms with Crippen molar-refractivity contribution in [2.45, 2.75) is 50.4 Å². The summed E-state index contributed by atoms with van der Waals surface area (Å²) in [6, 6.07) is 8.03. The Morgan fingerprint density at radius 1 is 1.32 bits per heavy atom. The first-order chi connectivity index (χ1) is 12.1. The quantitative estimate of drug-likeness (QED) is 0.856. The molecule has 4 rings (SSSR count). The lowest BCUT2D eigenvalue weighted by atomic mass is 10.1. The predicted molar refractivity (Wildman–Crippen MR) is 97.9 cm³/mol. The van der Waals surface area contributed by atoms with Crippen molar-refractivity contribution in [3.8, 4) is 0 Å². The van der Waals surface area contributed by atoms with Crippen molar-refractivity contribution < 1.29 is 4.79 Å². The molecule has 1 aliphatic carbocycles. The third-order valence-electron chi connectivity index (χ3n) is 4.90. The summed E-state index contributed by atoms with van der Waals surface area (Å²) in [7, 11) is 0. The molecule has 1 unspecified atom stereocenters. The normalized spacial score (nSPS) is 18.0. The van der Waals surface area contributed by atoms with Crippen molar-refractivity contribution in [2.75, 3.05) is 5.75 Å². The molecule has 130 valence electrons. The first-order valence-electron chi connectivity index (χ1n) is 8.71. The van der Waals surface area contributed by atoms with Crippen LogP contribution in [0.5, 0.6) is 0 Å². The molecule has 0 bridgehead atoms. The van der Waals surface area contributed by atoms with E-state index in [4.69, 9.17) is 0 Å². The van der Waals surface area contributed by atoms with Crippen LogP contribution in [0, 0.1) is 6.92 Å². The molecular weight excluding hydrogens is 334 g/mol. The van der Waals surface area contributed by atoms with Gasteiger partial charge in [-0.05, 0) is 31.7 Å². The summed E-state index contributed by atoms with van der Waals surface area (Å²) in [5, 5.41) is 3.74. The highest BCUT2D eigenvalue weighted by atomic mass is 32.2. The van der Waals surface area contributed by atoms with Crippen LogP contribution in [0.2, 0.25) is 0 Å².